The maximum Gasteiger partial charge on any atom is 0.260 e. The van der Waals surface area contributed by atoms with Gasteiger partial charge in [0.1, 0.15) is 0 Å². The molecule has 9 heteroatoms. The molecule has 1 atom stereocenters. The van der Waals surface area contributed by atoms with Crippen molar-refractivity contribution in [2.45, 2.75) is 12.5 Å². The van der Waals surface area contributed by atoms with E-state index in [2.05, 4.69) is 4.90 Å². The van der Waals surface area contributed by atoms with Crippen LogP contribution in [0.5, 0.6) is 11.5 Å². The van der Waals surface area contributed by atoms with Crippen molar-refractivity contribution < 1.29 is 22.7 Å². The summed E-state index contributed by atoms with van der Waals surface area (Å²) in [5, 5.41) is 8.92. The lowest BCUT2D eigenvalue weighted by Crippen LogP contribution is -2.53. The average Bonchev–Trinajstić information content (AvgIpc) is 3.05. The van der Waals surface area contributed by atoms with Gasteiger partial charge in [0.15, 0.2) is 27.9 Å². The van der Waals surface area contributed by atoms with Crippen molar-refractivity contribution in [3.63, 3.8) is 0 Å². The number of methoxy groups -OCH3 is 1. The van der Waals surface area contributed by atoms with Crippen molar-refractivity contribution in [3.05, 3.63) is 23.8 Å². The van der Waals surface area contributed by atoms with Crippen LogP contribution in [0.2, 0.25) is 0 Å². The number of amides is 1. The third-order valence-electron chi connectivity index (χ3n) is 5.04. The van der Waals surface area contributed by atoms with Gasteiger partial charge in [-0.2, -0.15) is 5.26 Å². The molecule has 0 unspecified atom stereocenters. The second-order valence-electron chi connectivity index (χ2n) is 6.74. The molecule has 146 valence electrons. The molecule has 1 aromatic carbocycles. The SMILES string of the molecule is COc1cc(C#N)ccc1OCC(=O)N1CCN([C@H]2CCS(=O)(=O)C2)CC1. The molecule has 1 aromatic rings. The first-order valence-electron chi connectivity index (χ1n) is 8.85. The first-order chi connectivity index (χ1) is 12.9. The molecule has 0 aromatic heterocycles. The zero-order chi connectivity index (χ0) is 19.4. The van der Waals surface area contributed by atoms with Crippen LogP contribution >= 0.6 is 0 Å². The monoisotopic (exact) mass is 393 g/mol. The highest BCUT2D eigenvalue weighted by Gasteiger charge is 2.34. The van der Waals surface area contributed by atoms with Gasteiger partial charge >= 0.3 is 0 Å². The van der Waals surface area contributed by atoms with Gasteiger partial charge in [0.2, 0.25) is 0 Å². The zero-order valence-electron chi connectivity index (χ0n) is 15.3. The van der Waals surface area contributed by atoms with Crippen LogP contribution in [0.1, 0.15) is 12.0 Å². The smallest absolute Gasteiger partial charge is 0.260 e. The Labute approximate surface area is 159 Å². The number of ether oxygens (including phenoxy) is 2. The second-order valence-corrected chi connectivity index (χ2v) is 8.97. The van der Waals surface area contributed by atoms with E-state index < -0.39 is 9.84 Å². The molecule has 3 rings (SSSR count). The summed E-state index contributed by atoms with van der Waals surface area (Å²) in [5.74, 6) is 1.19. The quantitative estimate of drug-likeness (QED) is 0.708. The van der Waals surface area contributed by atoms with Crippen LogP contribution in [0.4, 0.5) is 0 Å². The third-order valence-corrected chi connectivity index (χ3v) is 6.79. The van der Waals surface area contributed by atoms with Gasteiger partial charge in [-0.05, 0) is 18.6 Å². The molecule has 2 fully saturated rings. The lowest BCUT2D eigenvalue weighted by molar-refractivity contribution is -0.135. The van der Waals surface area contributed by atoms with Gasteiger partial charge in [0.25, 0.3) is 5.91 Å². The van der Waals surface area contributed by atoms with Crippen LogP contribution in [0.25, 0.3) is 0 Å². The van der Waals surface area contributed by atoms with Gasteiger partial charge in [0.05, 0.1) is 30.2 Å². The Hall–Kier alpha value is -2.31. The molecule has 8 nitrogen and oxygen atoms in total. The molecule has 2 saturated heterocycles. The topological polar surface area (TPSA) is 99.9 Å². The van der Waals surface area contributed by atoms with E-state index >= 15 is 0 Å². The highest BCUT2D eigenvalue weighted by atomic mass is 32.2. The van der Waals surface area contributed by atoms with Gasteiger partial charge in [-0.25, -0.2) is 8.42 Å². The van der Waals surface area contributed by atoms with E-state index in [-0.39, 0.29) is 30.1 Å². The number of nitriles is 1. The number of carbonyl (C=O) groups is 1. The number of piperazine rings is 1. The Morgan fingerprint density at radius 1 is 1.26 bits per heavy atom. The Morgan fingerprint density at radius 3 is 2.59 bits per heavy atom. The van der Waals surface area contributed by atoms with Gasteiger partial charge in [-0.1, -0.05) is 0 Å². The van der Waals surface area contributed by atoms with E-state index in [4.69, 9.17) is 14.7 Å². The fourth-order valence-electron chi connectivity index (χ4n) is 3.49. The Morgan fingerprint density at radius 2 is 2.00 bits per heavy atom. The molecule has 2 aliphatic heterocycles. The first-order valence-corrected chi connectivity index (χ1v) is 10.7. The maximum absolute atomic E-state index is 12.4. The van der Waals surface area contributed by atoms with E-state index in [1.165, 1.54) is 7.11 Å². The van der Waals surface area contributed by atoms with Crippen molar-refractivity contribution in [2.75, 3.05) is 51.4 Å². The Kier molecular flexibility index (Phi) is 5.87. The molecule has 2 heterocycles. The normalized spacial score (nSPS) is 22.2. The average molecular weight is 393 g/mol. The summed E-state index contributed by atoms with van der Waals surface area (Å²) in [4.78, 5) is 16.3. The third kappa shape index (κ3) is 4.70. The molecule has 1 amide bonds. The minimum atomic E-state index is -2.90. The minimum Gasteiger partial charge on any atom is -0.493 e. The number of sulfone groups is 1. The number of hydrogen-bond acceptors (Lipinski definition) is 7. The fraction of sp³-hybridized carbons (Fsp3) is 0.556. The van der Waals surface area contributed by atoms with Crippen LogP contribution < -0.4 is 9.47 Å². The molecule has 0 bridgehead atoms. The van der Waals surface area contributed by atoms with E-state index in [0.29, 0.717) is 49.7 Å². The fourth-order valence-corrected chi connectivity index (χ4v) is 5.25. The maximum atomic E-state index is 12.4. The van der Waals surface area contributed by atoms with Crippen LogP contribution in [0.15, 0.2) is 18.2 Å². The molecule has 27 heavy (non-hydrogen) atoms. The molecule has 0 radical (unpaired) electrons. The second kappa shape index (κ2) is 8.15. The molecular weight excluding hydrogens is 370 g/mol. The van der Waals surface area contributed by atoms with Gasteiger partial charge in [-0.15, -0.1) is 0 Å². The standard InChI is InChI=1S/C18H23N3O5S/c1-25-17-10-14(11-19)2-3-16(17)26-12-18(22)21-7-5-20(6-8-21)15-4-9-27(23,24)13-15/h2-3,10,15H,4-9,12-13H2,1H3/t15-/m0/s1. The lowest BCUT2D eigenvalue weighted by atomic mass is 10.2. The number of nitrogens with zero attached hydrogens (tertiary/aromatic N) is 3. The molecule has 0 saturated carbocycles. The van der Waals surface area contributed by atoms with Crippen LogP contribution in [0, 0.1) is 11.3 Å². The molecular formula is C18H23N3O5S. The van der Waals surface area contributed by atoms with Crippen LogP contribution in [-0.4, -0.2) is 81.6 Å². The molecule has 0 N–H and O–H groups in total. The minimum absolute atomic E-state index is 0.0754. The van der Waals surface area contributed by atoms with Gasteiger partial charge < -0.3 is 14.4 Å². The molecule has 2 aliphatic rings. The first kappa shape index (κ1) is 19.5. The summed E-state index contributed by atoms with van der Waals surface area (Å²) in [5.41, 5.74) is 0.454. The van der Waals surface area contributed by atoms with Crippen molar-refractivity contribution in [3.8, 4) is 17.6 Å². The highest BCUT2D eigenvalue weighted by molar-refractivity contribution is 7.91. The van der Waals surface area contributed by atoms with Crippen molar-refractivity contribution in [2.24, 2.45) is 0 Å². The summed E-state index contributed by atoms with van der Waals surface area (Å²) in [6.07, 6.45) is 0.678. The number of benzene rings is 1. The summed E-state index contributed by atoms with van der Waals surface area (Å²) >= 11 is 0. The van der Waals surface area contributed by atoms with E-state index in [1.54, 1.807) is 23.1 Å². The van der Waals surface area contributed by atoms with Gasteiger partial charge in [-0.3, -0.25) is 9.69 Å². The summed E-state index contributed by atoms with van der Waals surface area (Å²) in [6, 6.07) is 6.89. The Bertz CT molecular complexity index is 841. The predicted molar refractivity (Wildman–Crippen MR) is 98.4 cm³/mol. The predicted octanol–water partition coefficient (Wildman–Crippen LogP) is 0.277. The molecule has 0 aliphatic carbocycles. The largest absolute Gasteiger partial charge is 0.493 e. The van der Waals surface area contributed by atoms with Crippen LogP contribution in [-0.2, 0) is 14.6 Å². The number of hydrogen-bond donors (Lipinski definition) is 0. The molecule has 0 spiro atoms. The van der Waals surface area contributed by atoms with Crippen molar-refractivity contribution in [1.82, 2.24) is 9.80 Å². The highest BCUT2D eigenvalue weighted by Crippen LogP contribution is 2.28. The summed E-state index contributed by atoms with van der Waals surface area (Å²) < 4.78 is 34.0. The summed E-state index contributed by atoms with van der Waals surface area (Å²) in [6.45, 7) is 2.35. The van der Waals surface area contributed by atoms with Crippen LogP contribution in [0.3, 0.4) is 0 Å². The summed E-state index contributed by atoms with van der Waals surface area (Å²) in [7, 11) is -1.42. The van der Waals surface area contributed by atoms with E-state index in [1.807, 2.05) is 6.07 Å². The van der Waals surface area contributed by atoms with Crippen molar-refractivity contribution in [1.29, 1.82) is 5.26 Å². The number of rotatable bonds is 5. The number of carbonyl (C=O) groups excluding carboxylic acids is 1. The Balaban J connectivity index is 1.50. The van der Waals surface area contributed by atoms with E-state index in [9.17, 15) is 13.2 Å². The van der Waals surface area contributed by atoms with Crippen molar-refractivity contribution >= 4 is 15.7 Å². The zero-order valence-corrected chi connectivity index (χ0v) is 16.1. The lowest BCUT2D eigenvalue weighted by Gasteiger charge is -2.37. The van der Waals surface area contributed by atoms with E-state index in [0.717, 1.165) is 0 Å². The van der Waals surface area contributed by atoms with Gasteiger partial charge in [0, 0.05) is 38.3 Å².